The molecule has 4 rings (SSSR count). The normalized spacial score (nSPS) is 15.0. The van der Waals surface area contributed by atoms with E-state index in [1.165, 1.54) is 24.6 Å². The summed E-state index contributed by atoms with van der Waals surface area (Å²) in [6.07, 6.45) is 8.00. The molecule has 1 aliphatic rings. The number of amides is 1. The summed E-state index contributed by atoms with van der Waals surface area (Å²) in [5.41, 5.74) is 1.76. The molecule has 2 aromatic heterocycles. The summed E-state index contributed by atoms with van der Waals surface area (Å²) >= 11 is 1.41. The smallest absolute Gasteiger partial charge is 0.233 e. The van der Waals surface area contributed by atoms with Gasteiger partial charge in [0, 0.05) is 29.7 Å². The first-order chi connectivity index (χ1) is 15.2. The van der Waals surface area contributed by atoms with Crippen LogP contribution in [0.3, 0.4) is 0 Å². The first-order valence-electron chi connectivity index (χ1n) is 10.7. The number of thioether (sulfide) groups is 1. The summed E-state index contributed by atoms with van der Waals surface area (Å²) in [5, 5.41) is 12.4. The number of nitrogens with one attached hydrogen (secondary N) is 1. The number of pyridine rings is 1. The molecule has 0 radical (unpaired) electrons. The van der Waals surface area contributed by atoms with E-state index in [-0.39, 0.29) is 11.2 Å². The first kappa shape index (κ1) is 21.4. The van der Waals surface area contributed by atoms with Crippen LogP contribution >= 0.6 is 11.8 Å². The van der Waals surface area contributed by atoms with E-state index in [2.05, 4.69) is 20.5 Å². The maximum Gasteiger partial charge on any atom is 0.233 e. The molecular weight excluding hydrogens is 410 g/mol. The van der Waals surface area contributed by atoms with Gasteiger partial charge in [-0.2, -0.15) is 0 Å². The van der Waals surface area contributed by atoms with Crippen molar-refractivity contribution in [1.82, 2.24) is 25.1 Å². The second-order valence-corrected chi connectivity index (χ2v) is 8.87. The molecule has 162 valence electrons. The zero-order valence-corrected chi connectivity index (χ0v) is 18.6. The van der Waals surface area contributed by atoms with E-state index in [1.807, 2.05) is 54.8 Å². The van der Waals surface area contributed by atoms with E-state index in [0.29, 0.717) is 23.6 Å². The molecule has 0 bridgehead atoms. The van der Waals surface area contributed by atoms with Crippen molar-refractivity contribution in [2.45, 2.75) is 56.0 Å². The largest absolute Gasteiger partial charge is 0.494 e. The fourth-order valence-electron chi connectivity index (χ4n) is 3.72. The van der Waals surface area contributed by atoms with E-state index < -0.39 is 0 Å². The van der Waals surface area contributed by atoms with Gasteiger partial charge in [0.1, 0.15) is 5.75 Å². The summed E-state index contributed by atoms with van der Waals surface area (Å²) < 4.78 is 7.54. The lowest BCUT2D eigenvalue weighted by molar-refractivity contribution is -0.120. The highest BCUT2D eigenvalue weighted by atomic mass is 32.2. The summed E-state index contributed by atoms with van der Waals surface area (Å²) in [6, 6.07) is 11.9. The predicted molar refractivity (Wildman–Crippen MR) is 121 cm³/mol. The van der Waals surface area contributed by atoms with Crippen molar-refractivity contribution < 1.29 is 9.53 Å². The Balaban J connectivity index is 1.62. The van der Waals surface area contributed by atoms with Crippen LogP contribution in [0.4, 0.5) is 0 Å². The van der Waals surface area contributed by atoms with E-state index in [1.54, 1.807) is 12.4 Å². The molecule has 1 fully saturated rings. The third-order valence-corrected chi connectivity index (χ3v) is 6.35. The van der Waals surface area contributed by atoms with Gasteiger partial charge in [-0.25, -0.2) is 0 Å². The Bertz CT molecular complexity index is 1000. The van der Waals surface area contributed by atoms with Crippen LogP contribution in [-0.2, 0) is 4.79 Å². The molecule has 1 aromatic carbocycles. The lowest BCUT2D eigenvalue weighted by atomic mass is 10.2. The maximum atomic E-state index is 12.7. The summed E-state index contributed by atoms with van der Waals surface area (Å²) in [4.78, 5) is 16.9. The number of hydrogen-bond donors (Lipinski definition) is 1. The lowest BCUT2D eigenvalue weighted by Crippen LogP contribution is -2.37. The van der Waals surface area contributed by atoms with Gasteiger partial charge in [0.15, 0.2) is 11.0 Å². The number of carbonyl (C=O) groups excluding carboxylic acids is 1. The molecule has 1 N–H and O–H groups in total. The molecule has 1 amide bonds. The SMILES string of the molecule is CCOc1ccc(-n2c(SC(C)C(=O)NC3CCCC3)nnc2-c2cccnc2)cc1. The van der Waals surface area contributed by atoms with Crippen molar-refractivity contribution >= 4 is 17.7 Å². The Hall–Kier alpha value is -2.87. The van der Waals surface area contributed by atoms with Crippen LogP contribution in [0.15, 0.2) is 53.9 Å². The number of aromatic nitrogens is 4. The summed E-state index contributed by atoms with van der Waals surface area (Å²) in [5.74, 6) is 1.53. The van der Waals surface area contributed by atoms with Crippen LogP contribution in [0.2, 0.25) is 0 Å². The average Bonchev–Trinajstić information content (AvgIpc) is 3.45. The minimum atomic E-state index is -0.284. The number of rotatable bonds is 8. The molecule has 0 spiro atoms. The van der Waals surface area contributed by atoms with Gasteiger partial charge in [0.05, 0.1) is 11.9 Å². The van der Waals surface area contributed by atoms with Crippen LogP contribution in [0, 0.1) is 0 Å². The third-order valence-electron chi connectivity index (χ3n) is 5.31. The fourth-order valence-corrected chi connectivity index (χ4v) is 4.60. The number of nitrogens with zero attached hydrogens (tertiary/aromatic N) is 4. The highest BCUT2D eigenvalue weighted by molar-refractivity contribution is 8.00. The molecule has 7 nitrogen and oxygen atoms in total. The van der Waals surface area contributed by atoms with Crippen molar-refractivity contribution in [1.29, 1.82) is 0 Å². The van der Waals surface area contributed by atoms with Gasteiger partial charge in [0.25, 0.3) is 0 Å². The maximum absolute atomic E-state index is 12.7. The molecular formula is C23H27N5O2S. The van der Waals surface area contributed by atoms with E-state index in [9.17, 15) is 4.79 Å². The topological polar surface area (TPSA) is 81.9 Å². The van der Waals surface area contributed by atoms with E-state index in [4.69, 9.17) is 4.74 Å². The van der Waals surface area contributed by atoms with Crippen LogP contribution in [0.5, 0.6) is 5.75 Å². The van der Waals surface area contributed by atoms with Gasteiger partial charge >= 0.3 is 0 Å². The molecule has 0 saturated heterocycles. The number of benzene rings is 1. The lowest BCUT2D eigenvalue weighted by Gasteiger charge is -2.17. The van der Waals surface area contributed by atoms with Crippen LogP contribution in [0.25, 0.3) is 17.1 Å². The molecule has 8 heteroatoms. The second-order valence-electron chi connectivity index (χ2n) is 7.56. The Morgan fingerprint density at radius 2 is 2.00 bits per heavy atom. The van der Waals surface area contributed by atoms with Crippen molar-refractivity contribution in [3.8, 4) is 22.8 Å². The van der Waals surface area contributed by atoms with Crippen LogP contribution in [-0.4, -0.2) is 43.6 Å². The minimum absolute atomic E-state index is 0.0427. The molecule has 31 heavy (non-hydrogen) atoms. The number of hydrogen-bond acceptors (Lipinski definition) is 6. The van der Waals surface area contributed by atoms with Gasteiger partial charge in [-0.1, -0.05) is 24.6 Å². The Kier molecular flexibility index (Phi) is 6.86. The van der Waals surface area contributed by atoms with E-state index in [0.717, 1.165) is 29.8 Å². The standard InChI is InChI=1S/C23H27N5O2S/c1-3-30-20-12-10-19(11-13-20)28-21(17-7-6-14-24-15-17)26-27-23(28)31-16(2)22(29)25-18-8-4-5-9-18/h6-7,10-16,18H,3-5,8-9H2,1-2H3,(H,25,29). The van der Waals surface area contributed by atoms with Crippen LogP contribution in [0.1, 0.15) is 39.5 Å². The Labute approximate surface area is 186 Å². The summed E-state index contributed by atoms with van der Waals surface area (Å²) in [7, 11) is 0. The van der Waals surface area contributed by atoms with Crippen molar-refractivity contribution in [2.24, 2.45) is 0 Å². The van der Waals surface area contributed by atoms with Gasteiger partial charge < -0.3 is 10.1 Å². The Morgan fingerprint density at radius 3 is 2.68 bits per heavy atom. The van der Waals surface area contributed by atoms with Gasteiger partial charge in [0.2, 0.25) is 5.91 Å². The second kappa shape index (κ2) is 9.96. The van der Waals surface area contributed by atoms with Gasteiger partial charge in [-0.05, 0) is 63.1 Å². The molecule has 2 heterocycles. The monoisotopic (exact) mass is 437 g/mol. The minimum Gasteiger partial charge on any atom is -0.494 e. The molecule has 1 atom stereocenters. The summed E-state index contributed by atoms with van der Waals surface area (Å²) in [6.45, 7) is 4.48. The van der Waals surface area contributed by atoms with Crippen molar-refractivity contribution in [3.05, 3.63) is 48.8 Å². The molecule has 0 aliphatic heterocycles. The molecule has 1 saturated carbocycles. The third kappa shape index (κ3) is 5.07. The molecule has 3 aromatic rings. The fraction of sp³-hybridized carbons (Fsp3) is 0.391. The first-order valence-corrected chi connectivity index (χ1v) is 11.6. The van der Waals surface area contributed by atoms with E-state index >= 15 is 0 Å². The van der Waals surface area contributed by atoms with Crippen molar-refractivity contribution in [3.63, 3.8) is 0 Å². The quantitative estimate of drug-likeness (QED) is 0.530. The zero-order valence-electron chi connectivity index (χ0n) is 17.8. The molecule has 1 aliphatic carbocycles. The van der Waals surface area contributed by atoms with Gasteiger partial charge in [-0.15, -0.1) is 10.2 Å². The Morgan fingerprint density at radius 1 is 1.23 bits per heavy atom. The van der Waals surface area contributed by atoms with Gasteiger partial charge in [-0.3, -0.25) is 14.3 Å². The van der Waals surface area contributed by atoms with Crippen LogP contribution < -0.4 is 10.1 Å². The number of carbonyl (C=O) groups is 1. The molecule has 1 unspecified atom stereocenters. The zero-order chi connectivity index (χ0) is 21.6. The highest BCUT2D eigenvalue weighted by Gasteiger charge is 2.24. The van der Waals surface area contributed by atoms with Crippen molar-refractivity contribution in [2.75, 3.05) is 6.61 Å². The predicted octanol–water partition coefficient (Wildman–Crippen LogP) is 4.27. The number of ether oxygens (including phenoxy) is 1. The average molecular weight is 438 g/mol. The highest BCUT2D eigenvalue weighted by Crippen LogP contribution is 2.31.